The molecule has 0 N–H and O–H groups in total. The van der Waals surface area contributed by atoms with Crippen molar-refractivity contribution < 1.29 is 13.2 Å². The Hall–Kier alpha value is -1.34. The Morgan fingerprint density at radius 2 is 1.82 bits per heavy atom. The molecule has 1 aromatic carbocycles. The molecule has 0 radical (unpaired) electrons. The zero-order valence-corrected chi connectivity index (χ0v) is 18.2. The van der Waals surface area contributed by atoms with Gasteiger partial charge in [-0.25, -0.2) is 8.42 Å². The minimum Gasteiger partial charge on any atom is -0.316 e. The first-order valence-electron chi connectivity index (χ1n) is 10.2. The number of aliphatic imine (C=N–C) groups is 1. The van der Waals surface area contributed by atoms with Gasteiger partial charge in [-0.05, 0) is 49.4 Å². The summed E-state index contributed by atoms with van der Waals surface area (Å²) in [5, 5.41) is 0.624. The van der Waals surface area contributed by atoms with Crippen molar-refractivity contribution in [3.63, 3.8) is 0 Å². The number of hydrogen-bond donors (Lipinski definition) is 0. The second kappa shape index (κ2) is 7.82. The highest BCUT2D eigenvalue weighted by Gasteiger charge is 2.49. The number of nitrogens with zero attached hydrogens (tertiary/aromatic N) is 2. The van der Waals surface area contributed by atoms with Crippen LogP contribution in [-0.4, -0.2) is 42.3 Å². The van der Waals surface area contributed by atoms with Gasteiger partial charge < -0.3 is 4.90 Å². The molecule has 5 nitrogen and oxygen atoms in total. The maximum Gasteiger partial charge on any atom is 0.248 e. The lowest BCUT2D eigenvalue weighted by Crippen LogP contribution is -2.37. The summed E-state index contributed by atoms with van der Waals surface area (Å²) >= 11 is 1.46. The summed E-state index contributed by atoms with van der Waals surface area (Å²) in [7, 11) is -3.04. The molecule has 1 amide bonds. The molecule has 0 bridgehead atoms. The number of aryl methyl sites for hydroxylation is 2. The first-order valence-corrected chi connectivity index (χ1v) is 12.9. The third-order valence-electron chi connectivity index (χ3n) is 6.01. The van der Waals surface area contributed by atoms with Crippen LogP contribution in [0.25, 0.3) is 0 Å². The number of anilines is 1. The van der Waals surface area contributed by atoms with Gasteiger partial charge in [-0.2, -0.15) is 4.99 Å². The first-order chi connectivity index (χ1) is 13.3. The lowest BCUT2D eigenvalue weighted by atomic mass is 10.0. The zero-order chi connectivity index (χ0) is 19.9. The van der Waals surface area contributed by atoms with Crippen LogP contribution in [0.1, 0.15) is 49.7 Å². The van der Waals surface area contributed by atoms with E-state index in [1.165, 1.54) is 37.4 Å². The van der Waals surface area contributed by atoms with Crippen LogP contribution in [-0.2, 0) is 14.6 Å². The number of benzene rings is 1. The van der Waals surface area contributed by atoms with Gasteiger partial charge in [0.15, 0.2) is 15.0 Å². The average Bonchev–Trinajstić information content (AvgIpc) is 3.26. The third-order valence-corrected chi connectivity index (χ3v) is 9.22. The summed E-state index contributed by atoms with van der Waals surface area (Å²) in [6, 6.07) is 6.07. The summed E-state index contributed by atoms with van der Waals surface area (Å²) in [6.07, 6.45) is 6.43. The Morgan fingerprint density at radius 1 is 1.14 bits per heavy atom. The summed E-state index contributed by atoms with van der Waals surface area (Å²) in [4.78, 5) is 19.0. The summed E-state index contributed by atoms with van der Waals surface area (Å²) in [5.74, 6) is 0.887. The highest BCUT2D eigenvalue weighted by atomic mass is 32.2. The van der Waals surface area contributed by atoms with Crippen molar-refractivity contribution in [2.24, 2.45) is 10.9 Å². The van der Waals surface area contributed by atoms with Crippen LogP contribution in [0.3, 0.4) is 0 Å². The number of amides is 1. The van der Waals surface area contributed by atoms with Gasteiger partial charge in [-0.15, -0.1) is 0 Å². The van der Waals surface area contributed by atoms with E-state index in [9.17, 15) is 13.2 Å². The number of rotatable bonds is 4. The molecular weight excluding hydrogens is 392 g/mol. The van der Waals surface area contributed by atoms with Crippen molar-refractivity contribution >= 4 is 38.4 Å². The van der Waals surface area contributed by atoms with E-state index >= 15 is 0 Å². The summed E-state index contributed by atoms with van der Waals surface area (Å²) < 4.78 is 24.4. The Balaban J connectivity index is 1.58. The minimum absolute atomic E-state index is 0.0489. The fraction of sp³-hybridized carbons (Fsp3) is 0.619. The van der Waals surface area contributed by atoms with E-state index in [1.807, 2.05) is 18.7 Å². The largest absolute Gasteiger partial charge is 0.316 e. The number of carbonyl (C=O) groups excluding carboxylic acids is 1. The molecule has 1 saturated carbocycles. The monoisotopic (exact) mass is 420 g/mol. The van der Waals surface area contributed by atoms with Gasteiger partial charge in [0.1, 0.15) is 0 Å². The lowest BCUT2D eigenvalue weighted by molar-refractivity contribution is -0.118. The molecule has 28 heavy (non-hydrogen) atoms. The van der Waals surface area contributed by atoms with Gasteiger partial charge in [-0.1, -0.05) is 43.5 Å². The molecule has 1 aliphatic carbocycles. The molecule has 0 aromatic heterocycles. The fourth-order valence-corrected chi connectivity index (χ4v) is 8.68. The Kier molecular flexibility index (Phi) is 5.58. The normalized spacial score (nSPS) is 28.2. The van der Waals surface area contributed by atoms with E-state index in [0.29, 0.717) is 17.5 Å². The molecule has 152 valence electrons. The summed E-state index contributed by atoms with van der Waals surface area (Å²) in [6.45, 7) is 4.07. The van der Waals surface area contributed by atoms with E-state index in [4.69, 9.17) is 0 Å². The molecule has 1 aromatic rings. The van der Waals surface area contributed by atoms with Gasteiger partial charge >= 0.3 is 0 Å². The third kappa shape index (κ3) is 4.30. The molecule has 3 fully saturated rings. The fourth-order valence-electron chi connectivity index (χ4n) is 4.75. The van der Waals surface area contributed by atoms with Crippen molar-refractivity contribution in [2.45, 2.75) is 63.7 Å². The Morgan fingerprint density at radius 3 is 2.50 bits per heavy atom. The van der Waals surface area contributed by atoms with Crippen molar-refractivity contribution in [3.05, 3.63) is 29.3 Å². The number of amidine groups is 1. The van der Waals surface area contributed by atoms with Crippen LogP contribution < -0.4 is 4.90 Å². The standard InChI is InChI=1S/C21H28N2O3S2/c1-14-9-15(2)11-17(10-14)23-18-12-28(25,26)13-19(18)27-21(23)22-20(24)8-7-16-5-3-4-6-16/h9-11,16,18-19H,3-8,12-13H2,1-2H3/t18-,19-/m0/s1. The van der Waals surface area contributed by atoms with Crippen molar-refractivity contribution in [3.8, 4) is 0 Å². The summed E-state index contributed by atoms with van der Waals surface area (Å²) in [5.41, 5.74) is 3.18. The average molecular weight is 421 g/mol. The number of thioether (sulfide) groups is 1. The molecular formula is C21H28N2O3S2. The minimum atomic E-state index is -3.04. The smallest absolute Gasteiger partial charge is 0.248 e. The molecule has 0 spiro atoms. The van der Waals surface area contributed by atoms with Crippen LogP contribution >= 0.6 is 11.8 Å². The maximum atomic E-state index is 12.6. The van der Waals surface area contributed by atoms with Crippen LogP contribution in [0.2, 0.25) is 0 Å². The van der Waals surface area contributed by atoms with Gasteiger partial charge in [-0.3, -0.25) is 4.79 Å². The predicted molar refractivity (Wildman–Crippen MR) is 116 cm³/mol. The van der Waals surface area contributed by atoms with E-state index < -0.39 is 9.84 Å². The lowest BCUT2D eigenvalue weighted by Gasteiger charge is -2.25. The van der Waals surface area contributed by atoms with Gasteiger partial charge in [0.05, 0.1) is 17.5 Å². The van der Waals surface area contributed by atoms with E-state index in [0.717, 1.165) is 23.2 Å². The van der Waals surface area contributed by atoms with Crippen LogP contribution in [0.5, 0.6) is 0 Å². The van der Waals surface area contributed by atoms with Crippen molar-refractivity contribution in [1.82, 2.24) is 0 Å². The molecule has 4 rings (SSSR count). The molecule has 3 aliphatic rings. The van der Waals surface area contributed by atoms with Gasteiger partial charge in [0.2, 0.25) is 5.91 Å². The zero-order valence-electron chi connectivity index (χ0n) is 16.6. The SMILES string of the molecule is Cc1cc(C)cc(N2C(=NC(=O)CCC3CCCC3)S[C@H]3CS(=O)(=O)C[C@@H]32)c1. The molecule has 2 aliphatic heterocycles. The number of hydrogen-bond acceptors (Lipinski definition) is 4. The predicted octanol–water partition coefficient (Wildman–Crippen LogP) is 3.88. The highest BCUT2D eigenvalue weighted by Crippen LogP contribution is 2.41. The maximum absolute atomic E-state index is 12.6. The van der Waals surface area contributed by atoms with E-state index in [-0.39, 0.29) is 28.7 Å². The topological polar surface area (TPSA) is 66.8 Å². The Bertz CT molecular complexity index is 884. The second-order valence-electron chi connectivity index (χ2n) is 8.49. The highest BCUT2D eigenvalue weighted by molar-refractivity contribution is 8.16. The molecule has 2 atom stereocenters. The molecule has 2 saturated heterocycles. The van der Waals surface area contributed by atoms with Gasteiger partial charge in [0.25, 0.3) is 0 Å². The van der Waals surface area contributed by atoms with Crippen LogP contribution in [0, 0.1) is 19.8 Å². The van der Waals surface area contributed by atoms with Crippen molar-refractivity contribution in [1.29, 1.82) is 0 Å². The first kappa shape index (κ1) is 20.0. The molecule has 0 unspecified atom stereocenters. The van der Waals surface area contributed by atoms with Gasteiger partial charge in [0, 0.05) is 17.4 Å². The number of carbonyl (C=O) groups is 1. The van der Waals surface area contributed by atoms with Crippen LogP contribution in [0.15, 0.2) is 23.2 Å². The molecule has 7 heteroatoms. The van der Waals surface area contributed by atoms with E-state index in [1.54, 1.807) is 0 Å². The molecule has 2 heterocycles. The number of fused-ring (bicyclic) bond motifs is 1. The number of sulfone groups is 1. The quantitative estimate of drug-likeness (QED) is 0.740. The second-order valence-corrected chi connectivity index (χ2v) is 11.9. The van der Waals surface area contributed by atoms with E-state index in [2.05, 4.69) is 23.2 Å². The van der Waals surface area contributed by atoms with Crippen LogP contribution in [0.4, 0.5) is 5.69 Å². The van der Waals surface area contributed by atoms with Crippen molar-refractivity contribution in [2.75, 3.05) is 16.4 Å². The Labute approximate surface area is 171 Å².